The predicted octanol–water partition coefficient (Wildman–Crippen LogP) is 5.68. The number of rotatable bonds is 4. The van der Waals surface area contributed by atoms with E-state index < -0.39 is 0 Å². The van der Waals surface area contributed by atoms with Crippen LogP contribution in [0.1, 0.15) is 37.2 Å². The fourth-order valence-electron chi connectivity index (χ4n) is 2.65. The lowest BCUT2D eigenvalue weighted by Gasteiger charge is -2.20. The van der Waals surface area contributed by atoms with E-state index >= 15 is 0 Å². The van der Waals surface area contributed by atoms with Crippen molar-refractivity contribution in [2.45, 2.75) is 26.1 Å². The van der Waals surface area contributed by atoms with Crippen molar-refractivity contribution < 1.29 is 4.74 Å². The number of hydrogen-bond donors (Lipinski definition) is 0. The van der Waals surface area contributed by atoms with Gasteiger partial charge in [0.25, 0.3) is 0 Å². The molecule has 106 valence electrons. The van der Waals surface area contributed by atoms with Gasteiger partial charge in [-0.15, -0.1) is 0 Å². The highest BCUT2D eigenvalue weighted by molar-refractivity contribution is 5.83. The fourth-order valence-corrected chi connectivity index (χ4v) is 2.65. The first-order valence-corrected chi connectivity index (χ1v) is 7.43. The van der Waals surface area contributed by atoms with E-state index in [4.69, 9.17) is 4.74 Å². The van der Waals surface area contributed by atoms with Gasteiger partial charge in [0.2, 0.25) is 0 Å². The van der Waals surface area contributed by atoms with E-state index in [9.17, 15) is 0 Å². The molecular formula is C20H20O. The molecule has 0 amide bonds. The average molecular weight is 276 g/mol. The molecule has 0 fully saturated rings. The second-order valence-corrected chi connectivity index (χ2v) is 5.44. The number of hydrogen-bond acceptors (Lipinski definition) is 1. The van der Waals surface area contributed by atoms with E-state index in [1.165, 1.54) is 21.9 Å². The topological polar surface area (TPSA) is 9.23 Å². The van der Waals surface area contributed by atoms with Crippen molar-refractivity contribution in [2.24, 2.45) is 0 Å². The van der Waals surface area contributed by atoms with Gasteiger partial charge in [0.05, 0.1) is 12.2 Å². The van der Waals surface area contributed by atoms with Crippen molar-refractivity contribution in [3.8, 4) is 0 Å². The molecule has 0 aromatic heterocycles. The van der Waals surface area contributed by atoms with Crippen LogP contribution >= 0.6 is 0 Å². The molecule has 0 saturated carbocycles. The lowest BCUT2D eigenvalue weighted by Crippen LogP contribution is -2.05. The number of benzene rings is 3. The van der Waals surface area contributed by atoms with Crippen LogP contribution in [0.25, 0.3) is 10.8 Å². The molecule has 0 N–H and O–H groups in total. The second kappa shape index (κ2) is 6.11. The molecule has 3 rings (SSSR count). The van der Waals surface area contributed by atoms with Gasteiger partial charge in [-0.3, -0.25) is 0 Å². The van der Waals surface area contributed by atoms with Crippen LogP contribution in [0.15, 0.2) is 72.8 Å². The molecule has 2 atom stereocenters. The molecule has 0 saturated heterocycles. The third-order valence-electron chi connectivity index (χ3n) is 3.92. The highest BCUT2D eigenvalue weighted by Crippen LogP contribution is 2.28. The zero-order valence-corrected chi connectivity index (χ0v) is 12.5. The molecule has 0 aliphatic carbocycles. The zero-order valence-electron chi connectivity index (χ0n) is 12.5. The van der Waals surface area contributed by atoms with Gasteiger partial charge in [0, 0.05) is 0 Å². The standard InChI is InChI=1S/C20H20O/c1-15(17-8-4-3-5-9-17)21-16(2)19-13-12-18-10-6-7-11-20(18)14-19/h3-16H,1-2H3. The average Bonchev–Trinajstić information content (AvgIpc) is 2.55. The molecule has 1 nitrogen and oxygen atoms in total. The van der Waals surface area contributed by atoms with E-state index in [-0.39, 0.29) is 12.2 Å². The van der Waals surface area contributed by atoms with Crippen LogP contribution < -0.4 is 0 Å². The first kappa shape index (κ1) is 13.8. The molecule has 0 heterocycles. The molecule has 0 bridgehead atoms. The molecular weight excluding hydrogens is 256 g/mol. The first-order valence-electron chi connectivity index (χ1n) is 7.43. The summed E-state index contributed by atoms with van der Waals surface area (Å²) < 4.78 is 6.17. The van der Waals surface area contributed by atoms with Crippen LogP contribution in [-0.4, -0.2) is 0 Å². The van der Waals surface area contributed by atoms with E-state index in [0.29, 0.717) is 0 Å². The maximum absolute atomic E-state index is 6.17. The molecule has 3 aromatic rings. The Kier molecular flexibility index (Phi) is 4.03. The van der Waals surface area contributed by atoms with Crippen molar-refractivity contribution in [1.29, 1.82) is 0 Å². The summed E-state index contributed by atoms with van der Waals surface area (Å²) in [5, 5.41) is 2.53. The minimum atomic E-state index is 0.0739. The van der Waals surface area contributed by atoms with Gasteiger partial charge < -0.3 is 4.74 Å². The monoisotopic (exact) mass is 276 g/mol. The molecule has 0 spiro atoms. The maximum atomic E-state index is 6.17. The van der Waals surface area contributed by atoms with Crippen molar-refractivity contribution in [2.75, 3.05) is 0 Å². The summed E-state index contributed by atoms with van der Waals surface area (Å²) in [7, 11) is 0. The van der Waals surface area contributed by atoms with E-state index in [2.05, 4.69) is 80.6 Å². The highest BCUT2D eigenvalue weighted by atomic mass is 16.5. The minimum absolute atomic E-state index is 0.0739. The van der Waals surface area contributed by atoms with Crippen molar-refractivity contribution in [3.63, 3.8) is 0 Å². The van der Waals surface area contributed by atoms with Gasteiger partial charge in [0.15, 0.2) is 0 Å². The molecule has 21 heavy (non-hydrogen) atoms. The lowest BCUT2D eigenvalue weighted by atomic mass is 10.0. The summed E-state index contributed by atoms with van der Waals surface area (Å²) in [6.07, 6.45) is 0.164. The summed E-state index contributed by atoms with van der Waals surface area (Å²) in [4.78, 5) is 0. The lowest BCUT2D eigenvalue weighted by molar-refractivity contribution is 0.00593. The van der Waals surface area contributed by atoms with Crippen LogP contribution in [0.5, 0.6) is 0 Å². The van der Waals surface area contributed by atoms with Gasteiger partial charge in [-0.2, -0.15) is 0 Å². The quantitative estimate of drug-likeness (QED) is 0.595. The van der Waals surface area contributed by atoms with E-state index in [1.807, 2.05) is 6.07 Å². The molecule has 3 aromatic carbocycles. The first-order chi connectivity index (χ1) is 10.2. The SMILES string of the molecule is CC(OC(C)c1ccc2ccccc2c1)c1ccccc1. The Labute approximate surface area is 126 Å². The minimum Gasteiger partial charge on any atom is -0.366 e. The third kappa shape index (κ3) is 3.14. The normalized spacial score (nSPS) is 14.0. The molecule has 0 aliphatic rings. The largest absolute Gasteiger partial charge is 0.366 e. The van der Waals surface area contributed by atoms with E-state index in [0.717, 1.165) is 0 Å². The Bertz CT molecular complexity index is 718. The molecule has 2 unspecified atom stereocenters. The third-order valence-corrected chi connectivity index (χ3v) is 3.92. The Morgan fingerprint density at radius 3 is 2.00 bits per heavy atom. The summed E-state index contributed by atoms with van der Waals surface area (Å²) in [6.45, 7) is 4.22. The van der Waals surface area contributed by atoms with Gasteiger partial charge in [0.1, 0.15) is 0 Å². The van der Waals surface area contributed by atoms with Gasteiger partial charge in [-0.25, -0.2) is 0 Å². The molecule has 0 radical (unpaired) electrons. The van der Waals surface area contributed by atoms with Crippen molar-refractivity contribution in [3.05, 3.63) is 83.9 Å². The molecule has 0 aliphatic heterocycles. The van der Waals surface area contributed by atoms with Gasteiger partial charge in [-0.1, -0.05) is 66.7 Å². The van der Waals surface area contributed by atoms with Crippen molar-refractivity contribution in [1.82, 2.24) is 0 Å². The molecule has 1 heteroatoms. The smallest absolute Gasteiger partial charge is 0.0805 e. The Hall–Kier alpha value is -2.12. The summed E-state index contributed by atoms with van der Waals surface area (Å²) >= 11 is 0. The summed E-state index contributed by atoms with van der Waals surface area (Å²) in [6, 6.07) is 25.3. The van der Waals surface area contributed by atoms with E-state index in [1.54, 1.807) is 0 Å². The highest BCUT2D eigenvalue weighted by Gasteiger charge is 2.12. The van der Waals surface area contributed by atoms with Crippen LogP contribution in [0, 0.1) is 0 Å². The van der Waals surface area contributed by atoms with Crippen molar-refractivity contribution >= 4 is 10.8 Å². The van der Waals surface area contributed by atoms with Crippen LogP contribution in [0.3, 0.4) is 0 Å². The number of fused-ring (bicyclic) bond motifs is 1. The Morgan fingerprint density at radius 1 is 0.619 bits per heavy atom. The van der Waals surface area contributed by atoms with Gasteiger partial charge in [-0.05, 0) is 41.8 Å². The Balaban J connectivity index is 1.79. The maximum Gasteiger partial charge on any atom is 0.0805 e. The second-order valence-electron chi connectivity index (χ2n) is 5.44. The fraction of sp³-hybridized carbons (Fsp3) is 0.200. The summed E-state index contributed by atoms with van der Waals surface area (Å²) in [5.74, 6) is 0. The Morgan fingerprint density at radius 2 is 1.24 bits per heavy atom. The predicted molar refractivity (Wildman–Crippen MR) is 88.3 cm³/mol. The summed E-state index contributed by atoms with van der Waals surface area (Å²) in [5.41, 5.74) is 2.43. The zero-order chi connectivity index (χ0) is 14.7. The van der Waals surface area contributed by atoms with Crippen LogP contribution in [0.2, 0.25) is 0 Å². The van der Waals surface area contributed by atoms with Gasteiger partial charge >= 0.3 is 0 Å². The van der Waals surface area contributed by atoms with Crippen LogP contribution in [0.4, 0.5) is 0 Å². The van der Waals surface area contributed by atoms with Crippen LogP contribution in [-0.2, 0) is 4.74 Å². The number of ether oxygens (including phenoxy) is 1.